The Morgan fingerprint density at radius 2 is 1.20 bits per heavy atom. The van der Waals surface area contributed by atoms with Gasteiger partial charge in [0.2, 0.25) is 0 Å². The second-order valence-corrected chi connectivity index (χ2v) is 5.37. The summed E-state index contributed by atoms with van der Waals surface area (Å²) in [6, 6.07) is 0. The largest absolute Gasteiger partial charge is 0.138 e. The molecule has 1 atom stereocenters. The van der Waals surface area contributed by atoms with Gasteiger partial charge in [0, 0.05) is 0 Å². The van der Waals surface area contributed by atoms with Crippen molar-refractivity contribution in [3.8, 4) is 0 Å². The third-order valence-electron chi connectivity index (χ3n) is 3.25. The summed E-state index contributed by atoms with van der Waals surface area (Å²) in [6.07, 6.45) is 15.7. The monoisotopic (exact) mass is 230 g/mol. The van der Waals surface area contributed by atoms with E-state index >= 15 is 0 Å². The summed E-state index contributed by atoms with van der Waals surface area (Å²) in [5.74, 6) is 1.03. The molecular weight excluding hydrogens is 199 g/mol. The average molecular weight is 230 g/mol. The zero-order chi connectivity index (χ0) is 11.4. The van der Waals surface area contributed by atoms with Crippen molar-refractivity contribution in [1.82, 2.24) is 0 Å². The molecule has 0 radical (unpaired) electrons. The summed E-state index contributed by atoms with van der Waals surface area (Å²) in [5, 5.41) is 0. The number of rotatable bonds is 11. The first-order chi connectivity index (χ1) is 7.35. The fourth-order valence-electron chi connectivity index (χ4n) is 2.21. The van der Waals surface area contributed by atoms with Crippen LogP contribution in [0.4, 0.5) is 0 Å². The molecule has 1 heteroatoms. The summed E-state index contributed by atoms with van der Waals surface area (Å²) in [5.41, 5.74) is 0. The van der Waals surface area contributed by atoms with Gasteiger partial charge in [-0.1, -0.05) is 71.6 Å². The maximum Gasteiger partial charge on any atom is -0.0381 e. The molecule has 1 unspecified atom stereocenters. The molecule has 0 bridgehead atoms. The third-order valence-corrected chi connectivity index (χ3v) is 3.66. The van der Waals surface area contributed by atoms with Crippen LogP contribution in [0.1, 0.15) is 78.1 Å². The molecule has 0 aromatic heterocycles. The van der Waals surface area contributed by atoms with E-state index in [-0.39, 0.29) is 0 Å². The molecule has 0 amide bonds. The number of unbranched alkanes of at least 4 members (excludes halogenated alkanes) is 4. The van der Waals surface area contributed by atoms with Crippen LogP contribution in [0.5, 0.6) is 0 Å². The van der Waals surface area contributed by atoms with Crippen LogP contribution in [0.25, 0.3) is 0 Å². The van der Waals surface area contributed by atoms with Crippen molar-refractivity contribution >= 4 is 9.24 Å². The standard InChI is InChI=1S/C14H31P/c1-3-5-7-10-14(12-9-13-15)11-8-6-4-2/h14H,3-13,15H2,1-2H3. The van der Waals surface area contributed by atoms with E-state index in [0.29, 0.717) is 0 Å². The van der Waals surface area contributed by atoms with Gasteiger partial charge in [-0.05, 0) is 18.5 Å². The second kappa shape index (κ2) is 12.5. The Bertz CT molecular complexity index is 102. The summed E-state index contributed by atoms with van der Waals surface area (Å²) in [6.45, 7) is 4.60. The molecule has 0 aliphatic carbocycles. The van der Waals surface area contributed by atoms with Gasteiger partial charge in [-0.15, -0.1) is 9.24 Å². The zero-order valence-electron chi connectivity index (χ0n) is 10.9. The predicted octanol–water partition coefficient (Wildman–Crippen LogP) is 5.42. The highest BCUT2D eigenvalue weighted by Crippen LogP contribution is 2.22. The van der Waals surface area contributed by atoms with Crippen molar-refractivity contribution in [2.24, 2.45) is 5.92 Å². The molecule has 0 aliphatic rings. The van der Waals surface area contributed by atoms with Crippen LogP contribution in [0.15, 0.2) is 0 Å². The molecule has 0 aliphatic heterocycles. The molecule has 0 aromatic carbocycles. The van der Waals surface area contributed by atoms with E-state index in [1.807, 2.05) is 0 Å². The van der Waals surface area contributed by atoms with Gasteiger partial charge in [-0.2, -0.15) is 0 Å². The Hall–Kier alpha value is 0.430. The van der Waals surface area contributed by atoms with E-state index in [1.54, 1.807) is 0 Å². The van der Waals surface area contributed by atoms with E-state index in [1.165, 1.54) is 70.4 Å². The average Bonchev–Trinajstić information content (AvgIpc) is 2.25. The smallest absolute Gasteiger partial charge is 0.0381 e. The van der Waals surface area contributed by atoms with Crippen molar-refractivity contribution in [1.29, 1.82) is 0 Å². The second-order valence-electron chi connectivity index (χ2n) is 4.79. The van der Waals surface area contributed by atoms with E-state index in [9.17, 15) is 0 Å². The molecule has 0 saturated carbocycles. The van der Waals surface area contributed by atoms with Crippen molar-refractivity contribution in [2.75, 3.05) is 6.16 Å². The first-order valence-corrected chi connectivity index (χ1v) is 7.86. The van der Waals surface area contributed by atoms with Crippen molar-refractivity contribution in [2.45, 2.75) is 78.1 Å². The molecule has 0 heterocycles. The summed E-state index contributed by atoms with van der Waals surface area (Å²) in [7, 11) is 2.86. The predicted molar refractivity (Wildman–Crippen MR) is 75.6 cm³/mol. The molecule has 0 rings (SSSR count). The Balaban J connectivity index is 3.53. The lowest BCUT2D eigenvalue weighted by Gasteiger charge is -2.16. The van der Waals surface area contributed by atoms with Gasteiger partial charge in [0.1, 0.15) is 0 Å². The molecule has 92 valence electrons. The van der Waals surface area contributed by atoms with E-state index < -0.39 is 0 Å². The van der Waals surface area contributed by atoms with Gasteiger partial charge >= 0.3 is 0 Å². The molecule has 15 heavy (non-hydrogen) atoms. The van der Waals surface area contributed by atoms with E-state index in [4.69, 9.17) is 0 Å². The lowest BCUT2D eigenvalue weighted by atomic mass is 9.91. The van der Waals surface area contributed by atoms with Crippen LogP contribution in [-0.4, -0.2) is 6.16 Å². The van der Waals surface area contributed by atoms with Gasteiger partial charge < -0.3 is 0 Å². The summed E-state index contributed by atoms with van der Waals surface area (Å²) >= 11 is 0. The van der Waals surface area contributed by atoms with Crippen LogP contribution < -0.4 is 0 Å². The maximum absolute atomic E-state index is 2.86. The minimum absolute atomic E-state index is 1.03. The Kier molecular flexibility index (Phi) is 12.9. The van der Waals surface area contributed by atoms with E-state index in [2.05, 4.69) is 23.1 Å². The number of hydrogen-bond donors (Lipinski definition) is 0. The third kappa shape index (κ3) is 10.7. The van der Waals surface area contributed by atoms with Gasteiger partial charge in [0.05, 0.1) is 0 Å². The van der Waals surface area contributed by atoms with Gasteiger partial charge in [0.25, 0.3) is 0 Å². The molecule has 0 aromatic rings. The molecule has 0 N–H and O–H groups in total. The molecule has 0 spiro atoms. The fraction of sp³-hybridized carbons (Fsp3) is 1.00. The summed E-state index contributed by atoms with van der Waals surface area (Å²) in [4.78, 5) is 0. The van der Waals surface area contributed by atoms with Crippen molar-refractivity contribution < 1.29 is 0 Å². The minimum atomic E-state index is 1.03. The van der Waals surface area contributed by atoms with Crippen molar-refractivity contribution in [3.63, 3.8) is 0 Å². The highest BCUT2D eigenvalue weighted by molar-refractivity contribution is 7.16. The van der Waals surface area contributed by atoms with Crippen LogP contribution in [0.2, 0.25) is 0 Å². The van der Waals surface area contributed by atoms with Crippen molar-refractivity contribution in [3.05, 3.63) is 0 Å². The van der Waals surface area contributed by atoms with Crippen LogP contribution in [0.3, 0.4) is 0 Å². The van der Waals surface area contributed by atoms with Gasteiger partial charge in [0.15, 0.2) is 0 Å². The first-order valence-electron chi connectivity index (χ1n) is 7.05. The maximum atomic E-state index is 2.86. The topological polar surface area (TPSA) is 0 Å². The quantitative estimate of drug-likeness (QED) is 0.328. The lowest BCUT2D eigenvalue weighted by Crippen LogP contribution is -2.01. The van der Waals surface area contributed by atoms with Gasteiger partial charge in [-0.3, -0.25) is 0 Å². The number of hydrogen-bond acceptors (Lipinski definition) is 0. The summed E-state index contributed by atoms with van der Waals surface area (Å²) < 4.78 is 0. The van der Waals surface area contributed by atoms with Gasteiger partial charge in [-0.25, -0.2) is 0 Å². The first kappa shape index (κ1) is 15.4. The van der Waals surface area contributed by atoms with Crippen LogP contribution in [0, 0.1) is 5.92 Å². The minimum Gasteiger partial charge on any atom is -0.138 e. The fourth-order valence-corrected chi connectivity index (χ4v) is 2.44. The van der Waals surface area contributed by atoms with Crippen LogP contribution in [-0.2, 0) is 0 Å². The Morgan fingerprint density at radius 1 is 0.733 bits per heavy atom. The Morgan fingerprint density at radius 3 is 1.60 bits per heavy atom. The zero-order valence-corrected chi connectivity index (χ0v) is 12.1. The highest BCUT2D eigenvalue weighted by Gasteiger charge is 2.07. The molecular formula is C14H31P. The van der Waals surface area contributed by atoms with Crippen LogP contribution >= 0.6 is 9.24 Å². The lowest BCUT2D eigenvalue weighted by molar-refractivity contribution is 0.384. The van der Waals surface area contributed by atoms with E-state index in [0.717, 1.165) is 5.92 Å². The Labute approximate surface area is 99.8 Å². The highest BCUT2D eigenvalue weighted by atomic mass is 31.0. The normalized spacial score (nSPS) is 11.2. The SMILES string of the molecule is CCCCCC(CCCP)CCCCC. The molecule has 0 nitrogen and oxygen atoms in total. The molecule has 0 fully saturated rings. The molecule has 0 saturated heterocycles.